The average Bonchev–Trinajstić information content (AvgIpc) is 3.09. The van der Waals surface area contributed by atoms with E-state index in [0.717, 1.165) is 25.7 Å². The number of nitrogens with zero attached hydrogens (tertiary/aromatic N) is 6. The van der Waals surface area contributed by atoms with Gasteiger partial charge < -0.3 is 15.7 Å². The highest BCUT2D eigenvalue weighted by Gasteiger charge is 2.33. The summed E-state index contributed by atoms with van der Waals surface area (Å²) >= 11 is 0. The Labute approximate surface area is 122 Å². The molecule has 2 aromatic heterocycles. The van der Waals surface area contributed by atoms with E-state index in [1.807, 2.05) is 11.9 Å². The van der Waals surface area contributed by atoms with Crippen LogP contribution in [0.1, 0.15) is 25.7 Å². The van der Waals surface area contributed by atoms with Crippen molar-refractivity contribution < 1.29 is 5.11 Å². The second-order valence-corrected chi connectivity index (χ2v) is 5.55. The van der Waals surface area contributed by atoms with Gasteiger partial charge in [-0.1, -0.05) is 12.8 Å². The summed E-state index contributed by atoms with van der Waals surface area (Å²) in [6.45, 7) is 0.486. The maximum Gasteiger partial charge on any atom is 0.241 e. The summed E-state index contributed by atoms with van der Waals surface area (Å²) < 4.78 is 1.67. The molecule has 0 atom stereocenters. The van der Waals surface area contributed by atoms with Crippen molar-refractivity contribution in [2.24, 2.45) is 0 Å². The molecule has 1 aliphatic rings. The van der Waals surface area contributed by atoms with Crippen LogP contribution in [-0.4, -0.2) is 48.8 Å². The van der Waals surface area contributed by atoms with Crippen molar-refractivity contribution in [2.75, 3.05) is 24.2 Å². The van der Waals surface area contributed by atoms with E-state index in [-0.39, 0.29) is 5.95 Å². The Morgan fingerprint density at radius 2 is 2.10 bits per heavy atom. The Morgan fingerprint density at radius 1 is 1.33 bits per heavy atom. The van der Waals surface area contributed by atoms with E-state index in [9.17, 15) is 5.11 Å². The normalized spacial score (nSPS) is 17.0. The van der Waals surface area contributed by atoms with Gasteiger partial charge in [0.25, 0.3) is 0 Å². The molecule has 1 fully saturated rings. The lowest BCUT2D eigenvalue weighted by Crippen LogP contribution is -2.40. The van der Waals surface area contributed by atoms with E-state index < -0.39 is 5.60 Å². The highest BCUT2D eigenvalue weighted by molar-refractivity contribution is 5.37. The van der Waals surface area contributed by atoms with Crippen molar-refractivity contribution in [2.45, 2.75) is 31.3 Å². The summed E-state index contributed by atoms with van der Waals surface area (Å²) in [5, 5.41) is 10.5. The van der Waals surface area contributed by atoms with Crippen molar-refractivity contribution in [1.82, 2.24) is 24.5 Å². The summed E-state index contributed by atoms with van der Waals surface area (Å²) in [5.74, 6) is 1.01. The van der Waals surface area contributed by atoms with Gasteiger partial charge in [0.1, 0.15) is 6.33 Å². The molecule has 0 saturated heterocycles. The van der Waals surface area contributed by atoms with Crippen LogP contribution in [0.15, 0.2) is 18.7 Å². The fourth-order valence-corrected chi connectivity index (χ4v) is 2.74. The number of anilines is 2. The Morgan fingerprint density at radius 3 is 2.76 bits per heavy atom. The largest absolute Gasteiger partial charge is 0.388 e. The molecule has 1 aliphatic carbocycles. The van der Waals surface area contributed by atoms with Crippen LogP contribution in [0.3, 0.4) is 0 Å². The van der Waals surface area contributed by atoms with Crippen molar-refractivity contribution in [3.05, 3.63) is 18.7 Å². The second-order valence-electron chi connectivity index (χ2n) is 5.55. The fraction of sp³-hybridized carbons (Fsp3) is 0.538. The minimum atomic E-state index is -0.661. The first kappa shape index (κ1) is 13.7. The van der Waals surface area contributed by atoms with Crippen LogP contribution in [0.2, 0.25) is 0 Å². The maximum absolute atomic E-state index is 10.5. The van der Waals surface area contributed by atoms with Crippen molar-refractivity contribution in [3.63, 3.8) is 0 Å². The first-order chi connectivity index (χ1) is 10.1. The molecule has 8 nitrogen and oxygen atoms in total. The molecule has 0 bridgehead atoms. The maximum atomic E-state index is 10.5. The number of likely N-dealkylation sites (N-methyl/N-ethyl adjacent to an activating group) is 1. The lowest BCUT2D eigenvalue weighted by atomic mass is 10.0. The predicted molar refractivity (Wildman–Crippen MR) is 78.0 cm³/mol. The number of nitrogen functional groups attached to an aromatic ring is 1. The average molecular weight is 289 g/mol. The van der Waals surface area contributed by atoms with E-state index in [4.69, 9.17) is 5.73 Å². The van der Waals surface area contributed by atoms with E-state index in [2.05, 4.69) is 19.9 Å². The molecule has 8 heteroatoms. The quantitative estimate of drug-likeness (QED) is 0.838. The minimum absolute atomic E-state index is 0.147. The molecule has 3 N–H and O–H groups in total. The van der Waals surface area contributed by atoms with E-state index in [1.165, 1.54) is 0 Å². The molecule has 1 saturated carbocycles. The van der Waals surface area contributed by atoms with Crippen LogP contribution in [0.25, 0.3) is 5.95 Å². The van der Waals surface area contributed by atoms with Gasteiger partial charge in [0, 0.05) is 26.0 Å². The van der Waals surface area contributed by atoms with E-state index >= 15 is 0 Å². The zero-order valence-electron chi connectivity index (χ0n) is 12.0. The summed E-state index contributed by atoms with van der Waals surface area (Å²) in [6.07, 6.45) is 8.73. The third-order valence-electron chi connectivity index (χ3n) is 3.77. The van der Waals surface area contributed by atoms with Crippen molar-refractivity contribution in [3.8, 4) is 5.95 Å². The highest BCUT2D eigenvalue weighted by Crippen LogP contribution is 2.30. The Hall–Kier alpha value is -2.22. The molecule has 112 valence electrons. The van der Waals surface area contributed by atoms with Crippen LogP contribution in [0.4, 0.5) is 11.9 Å². The zero-order valence-corrected chi connectivity index (χ0v) is 12.0. The smallest absolute Gasteiger partial charge is 0.241 e. The molecular formula is C13H19N7O. The second kappa shape index (κ2) is 5.28. The molecule has 0 amide bonds. The van der Waals surface area contributed by atoms with Crippen LogP contribution < -0.4 is 10.6 Å². The van der Waals surface area contributed by atoms with Gasteiger partial charge in [0.15, 0.2) is 0 Å². The molecule has 0 unspecified atom stereocenters. The molecule has 3 rings (SSSR count). The lowest BCUT2D eigenvalue weighted by molar-refractivity contribution is 0.0556. The Kier molecular flexibility index (Phi) is 3.46. The first-order valence-electron chi connectivity index (χ1n) is 6.99. The molecule has 2 heterocycles. The molecule has 2 aromatic rings. The van der Waals surface area contributed by atoms with Crippen molar-refractivity contribution >= 4 is 11.9 Å². The highest BCUT2D eigenvalue weighted by atomic mass is 16.3. The van der Waals surface area contributed by atoms with E-state index in [0.29, 0.717) is 18.4 Å². The number of imidazole rings is 1. The summed E-state index contributed by atoms with van der Waals surface area (Å²) in [6, 6.07) is 0. The van der Waals surface area contributed by atoms with E-state index in [1.54, 1.807) is 23.3 Å². The molecule has 0 aliphatic heterocycles. The number of hydrogen-bond acceptors (Lipinski definition) is 7. The Bertz CT molecular complexity index is 607. The number of hydrogen-bond donors (Lipinski definition) is 2. The number of aliphatic hydroxyl groups is 1. The van der Waals surface area contributed by atoms with Gasteiger partial charge in [-0.2, -0.15) is 15.0 Å². The van der Waals surface area contributed by atoms with Gasteiger partial charge >= 0.3 is 0 Å². The van der Waals surface area contributed by atoms with Gasteiger partial charge in [-0.15, -0.1) is 0 Å². The lowest BCUT2D eigenvalue weighted by Gasteiger charge is -2.28. The van der Waals surface area contributed by atoms with Crippen molar-refractivity contribution in [1.29, 1.82) is 0 Å². The predicted octanol–water partition coefficient (Wildman–Crippen LogP) is 0.381. The summed E-state index contributed by atoms with van der Waals surface area (Å²) in [7, 11) is 1.85. The van der Waals surface area contributed by atoms with Crippen LogP contribution in [-0.2, 0) is 0 Å². The minimum Gasteiger partial charge on any atom is -0.388 e. The molecule has 0 radical (unpaired) electrons. The Balaban J connectivity index is 1.84. The van der Waals surface area contributed by atoms with Gasteiger partial charge in [0.05, 0.1) is 5.60 Å². The molecule has 0 spiro atoms. The fourth-order valence-electron chi connectivity index (χ4n) is 2.74. The summed E-state index contributed by atoms with van der Waals surface area (Å²) in [4.78, 5) is 18.4. The topological polar surface area (TPSA) is 106 Å². The number of aromatic nitrogens is 5. The number of rotatable bonds is 4. The zero-order chi connectivity index (χ0) is 14.9. The van der Waals surface area contributed by atoms with Crippen LogP contribution in [0, 0.1) is 0 Å². The van der Waals surface area contributed by atoms with Crippen LogP contribution >= 0.6 is 0 Å². The molecule has 21 heavy (non-hydrogen) atoms. The molecule has 0 aromatic carbocycles. The standard InChI is InChI=1S/C13H19N7O/c1-19(8-13(21)4-2-3-5-13)11-16-10(14)17-12(18-11)20-7-6-15-9-20/h6-7,9,21H,2-5,8H2,1H3,(H2,14,16,17,18). The SMILES string of the molecule is CN(CC1(O)CCCC1)c1nc(N)nc(-n2ccnc2)n1. The number of nitrogens with two attached hydrogens (primary N) is 1. The summed E-state index contributed by atoms with van der Waals surface area (Å²) in [5.41, 5.74) is 5.10. The van der Waals surface area contributed by atoms with Gasteiger partial charge in [-0.05, 0) is 12.8 Å². The third kappa shape index (κ3) is 2.94. The third-order valence-corrected chi connectivity index (χ3v) is 3.77. The van der Waals surface area contributed by atoms with Gasteiger partial charge in [-0.3, -0.25) is 4.57 Å². The van der Waals surface area contributed by atoms with Crippen LogP contribution in [0.5, 0.6) is 0 Å². The van der Waals surface area contributed by atoms with Gasteiger partial charge in [0.2, 0.25) is 17.8 Å². The van der Waals surface area contributed by atoms with Gasteiger partial charge in [-0.25, -0.2) is 4.98 Å². The monoisotopic (exact) mass is 289 g/mol. The first-order valence-corrected chi connectivity index (χ1v) is 6.99. The molecular weight excluding hydrogens is 270 g/mol.